The Bertz CT molecular complexity index is 312. The maximum Gasteiger partial charge on any atom is 0.155 e. The molecule has 0 bridgehead atoms. The Balaban J connectivity index is 3.33. The van der Waals surface area contributed by atoms with E-state index in [0.29, 0.717) is 22.6 Å². The normalized spacial score (nSPS) is 9.58. The number of aldehydes is 1. The van der Waals surface area contributed by atoms with Gasteiger partial charge in [-0.3, -0.25) is 4.79 Å². The Morgan fingerprint density at radius 2 is 2.25 bits per heavy atom. The van der Waals surface area contributed by atoms with Crippen LogP contribution in [-0.4, -0.2) is 13.4 Å². The van der Waals surface area contributed by atoms with Gasteiger partial charge in [-0.25, -0.2) is 0 Å². The van der Waals surface area contributed by atoms with Crippen LogP contribution < -0.4 is 4.74 Å². The molecule has 0 spiro atoms. The number of halogens is 2. The zero-order valence-electron chi connectivity index (χ0n) is 6.30. The van der Waals surface area contributed by atoms with Gasteiger partial charge in [0.15, 0.2) is 6.29 Å². The highest BCUT2D eigenvalue weighted by Gasteiger charge is 2.07. The number of rotatable bonds is 2. The second-order valence-corrected chi connectivity index (χ2v) is 3.44. The lowest BCUT2D eigenvalue weighted by Gasteiger charge is -2.05. The van der Waals surface area contributed by atoms with Crippen molar-refractivity contribution in [3.63, 3.8) is 0 Å². The van der Waals surface area contributed by atoms with Crippen molar-refractivity contribution in [1.82, 2.24) is 0 Å². The van der Waals surface area contributed by atoms with Crippen molar-refractivity contribution >= 4 is 33.8 Å². The molecule has 64 valence electrons. The van der Waals surface area contributed by atoms with Gasteiger partial charge in [0.05, 0.1) is 17.7 Å². The Hall–Kier alpha value is -0.540. The van der Waals surface area contributed by atoms with Crippen LogP contribution in [0.1, 0.15) is 10.4 Å². The van der Waals surface area contributed by atoms with Gasteiger partial charge in [-0.15, -0.1) is 0 Å². The van der Waals surface area contributed by atoms with Gasteiger partial charge in [0, 0.05) is 4.47 Å². The van der Waals surface area contributed by atoms with Crippen LogP contribution in [0.3, 0.4) is 0 Å². The molecule has 0 heterocycles. The molecule has 0 aliphatic carbocycles. The quantitative estimate of drug-likeness (QED) is 0.753. The standard InChI is InChI=1S/C8H6BrClO2/c1-12-8-3-5(9)2-7(10)6(8)4-11/h2-4H,1H3. The maximum absolute atomic E-state index is 10.5. The minimum absolute atomic E-state index is 0.377. The fraction of sp³-hybridized carbons (Fsp3) is 0.125. The molecule has 4 heteroatoms. The van der Waals surface area contributed by atoms with E-state index in [2.05, 4.69) is 15.9 Å². The molecule has 1 aromatic carbocycles. The lowest BCUT2D eigenvalue weighted by atomic mass is 10.2. The average molecular weight is 249 g/mol. The van der Waals surface area contributed by atoms with E-state index >= 15 is 0 Å². The first-order valence-electron chi connectivity index (χ1n) is 3.17. The zero-order chi connectivity index (χ0) is 9.14. The van der Waals surface area contributed by atoms with Crippen LogP contribution >= 0.6 is 27.5 Å². The van der Waals surface area contributed by atoms with Gasteiger partial charge >= 0.3 is 0 Å². The summed E-state index contributed by atoms with van der Waals surface area (Å²) in [7, 11) is 1.49. The second kappa shape index (κ2) is 3.92. The highest BCUT2D eigenvalue weighted by Crippen LogP contribution is 2.29. The van der Waals surface area contributed by atoms with Gasteiger partial charge < -0.3 is 4.74 Å². The lowest BCUT2D eigenvalue weighted by Crippen LogP contribution is -1.91. The van der Waals surface area contributed by atoms with E-state index in [1.807, 2.05) is 0 Å². The first kappa shape index (κ1) is 9.55. The van der Waals surface area contributed by atoms with E-state index in [-0.39, 0.29) is 0 Å². The summed E-state index contributed by atoms with van der Waals surface area (Å²) in [4.78, 5) is 10.5. The zero-order valence-corrected chi connectivity index (χ0v) is 8.65. The molecular weight excluding hydrogens is 243 g/mol. The van der Waals surface area contributed by atoms with Crippen molar-refractivity contribution in [2.45, 2.75) is 0 Å². The fourth-order valence-corrected chi connectivity index (χ4v) is 1.67. The van der Waals surface area contributed by atoms with Crippen molar-refractivity contribution in [3.05, 3.63) is 27.2 Å². The van der Waals surface area contributed by atoms with Gasteiger partial charge in [0.1, 0.15) is 5.75 Å². The molecule has 0 N–H and O–H groups in total. The molecule has 0 aromatic heterocycles. The van der Waals surface area contributed by atoms with Crippen LogP contribution in [0.5, 0.6) is 5.75 Å². The SMILES string of the molecule is COc1cc(Br)cc(Cl)c1C=O. The molecule has 0 radical (unpaired) electrons. The molecular formula is C8H6BrClO2. The van der Waals surface area contributed by atoms with E-state index in [1.165, 1.54) is 7.11 Å². The number of ether oxygens (including phenoxy) is 1. The highest BCUT2D eigenvalue weighted by atomic mass is 79.9. The first-order chi connectivity index (χ1) is 5.69. The smallest absolute Gasteiger partial charge is 0.155 e. The van der Waals surface area contributed by atoms with E-state index < -0.39 is 0 Å². The van der Waals surface area contributed by atoms with E-state index in [0.717, 1.165) is 4.47 Å². The Kier molecular flexibility index (Phi) is 3.12. The monoisotopic (exact) mass is 248 g/mol. The summed E-state index contributed by atoms with van der Waals surface area (Å²) < 4.78 is 5.74. The molecule has 0 atom stereocenters. The van der Waals surface area contributed by atoms with Crippen LogP contribution in [0.4, 0.5) is 0 Å². The third kappa shape index (κ3) is 1.79. The molecule has 0 aliphatic heterocycles. The Morgan fingerprint density at radius 3 is 2.75 bits per heavy atom. The number of hydrogen-bond donors (Lipinski definition) is 0. The molecule has 0 saturated heterocycles. The van der Waals surface area contributed by atoms with E-state index in [9.17, 15) is 4.79 Å². The molecule has 0 amide bonds. The largest absolute Gasteiger partial charge is 0.496 e. The van der Waals surface area contributed by atoms with Crippen molar-refractivity contribution in [3.8, 4) is 5.75 Å². The third-order valence-corrected chi connectivity index (χ3v) is 2.16. The van der Waals surface area contributed by atoms with Crippen molar-refractivity contribution < 1.29 is 9.53 Å². The number of carbonyl (C=O) groups excluding carboxylic acids is 1. The minimum atomic E-state index is 0.377. The van der Waals surface area contributed by atoms with Crippen molar-refractivity contribution in [2.75, 3.05) is 7.11 Å². The number of carbonyl (C=O) groups is 1. The molecule has 1 aromatic rings. The molecule has 1 rings (SSSR count). The van der Waals surface area contributed by atoms with Crippen LogP contribution in [0, 0.1) is 0 Å². The summed E-state index contributed by atoms with van der Waals surface area (Å²) >= 11 is 9.01. The second-order valence-electron chi connectivity index (χ2n) is 2.12. The predicted octanol–water partition coefficient (Wildman–Crippen LogP) is 2.92. The maximum atomic E-state index is 10.5. The van der Waals surface area contributed by atoms with Crippen molar-refractivity contribution in [1.29, 1.82) is 0 Å². The Labute approximate surface area is 83.6 Å². The van der Waals surface area contributed by atoms with Gasteiger partial charge in [-0.05, 0) is 12.1 Å². The van der Waals surface area contributed by atoms with Crippen molar-refractivity contribution in [2.24, 2.45) is 0 Å². The van der Waals surface area contributed by atoms with Crippen LogP contribution in [0.15, 0.2) is 16.6 Å². The van der Waals surface area contributed by atoms with Gasteiger partial charge in [-0.2, -0.15) is 0 Å². The lowest BCUT2D eigenvalue weighted by molar-refractivity contribution is 0.112. The topological polar surface area (TPSA) is 26.3 Å². The van der Waals surface area contributed by atoms with Crippen LogP contribution in [0.25, 0.3) is 0 Å². The van der Waals surface area contributed by atoms with Crippen LogP contribution in [-0.2, 0) is 0 Å². The van der Waals surface area contributed by atoms with E-state index in [4.69, 9.17) is 16.3 Å². The Morgan fingerprint density at radius 1 is 1.58 bits per heavy atom. The summed E-state index contributed by atoms with van der Waals surface area (Å²) in [5.74, 6) is 0.476. The van der Waals surface area contributed by atoms with Gasteiger partial charge in [0.25, 0.3) is 0 Å². The third-order valence-electron chi connectivity index (χ3n) is 1.39. The summed E-state index contributed by atoms with van der Waals surface area (Å²) in [6.07, 6.45) is 0.674. The van der Waals surface area contributed by atoms with Gasteiger partial charge in [-0.1, -0.05) is 27.5 Å². The molecule has 0 aliphatic rings. The number of methoxy groups -OCH3 is 1. The minimum Gasteiger partial charge on any atom is -0.496 e. The summed E-state index contributed by atoms with van der Waals surface area (Å²) in [5.41, 5.74) is 0.377. The van der Waals surface area contributed by atoms with E-state index in [1.54, 1.807) is 12.1 Å². The molecule has 2 nitrogen and oxygen atoms in total. The summed E-state index contributed by atoms with van der Waals surface area (Å²) in [6.45, 7) is 0. The van der Waals surface area contributed by atoms with Crippen LogP contribution in [0.2, 0.25) is 5.02 Å². The average Bonchev–Trinajstić information content (AvgIpc) is 2.03. The highest BCUT2D eigenvalue weighted by molar-refractivity contribution is 9.10. The van der Waals surface area contributed by atoms with Gasteiger partial charge in [0.2, 0.25) is 0 Å². The summed E-state index contributed by atoms with van der Waals surface area (Å²) in [5, 5.41) is 0.385. The molecule has 0 saturated carbocycles. The molecule has 0 fully saturated rings. The molecule has 12 heavy (non-hydrogen) atoms. The summed E-state index contributed by atoms with van der Waals surface area (Å²) in [6, 6.07) is 3.34. The number of hydrogen-bond acceptors (Lipinski definition) is 2. The number of benzene rings is 1. The first-order valence-corrected chi connectivity index (χ1v) is 4.34. The predicted molar refractivity (Wildman–Crippen MR) is 51.1 cm³/mol. The fourth-order valence-electron chi connectivity index (χ4n) is 0.844. The molecule has 0 unspecified atom stereocenters.